The largest absolute Gasteiger partial charge is 0.135 e. The molecule has 0 bridgehead atoms. The molecule has 0 nitrogen and oxygen atoms in total. The van der Waals surface area contributed by atoms with Gasteiger partial charge in [0.05, 0.1) is 0 Å². The molecule has 0 amide bonds. The van der Waals surface area contributed by atoms with Gasteiger partial charge in [-0.2, -0.15) is 0 Å². The van der Waals surface area contributed by atoms with Gasteiger partial charge in [-0.3, -0.25) is 0 Å². The topological polar surface area (TPSA) is 0 Å². The Bertz CT molecular complexity index is 3470. The SMILES string of the molecule is c1ccc2c(c1)ccc1ccc(-c3ccc4sc5ccc(-c6ccc7c(c6)c6ccccc6c6cc8c(cc76)sc6ccccc68)cc5c4c3)cc12. The van der Waals surface area contributed by atoms with Crippen LogP contribution in [-0.2, 0) is 0 Å². The summed E-state index contributed by atoms with van der Waals surface area (Å²) in [6.45, 7) is 0. The summed E-state index contributed by atoms with van der Waals surface area (Å²) in [4.78, 5) is 0. The van der Waals surface area contributed by atoms with Gasteiger partial charge in [0, 0.05) is 40.3 Å². The van der Waals surface area contributed by atoms with Crippen LogP contribution < -0.4 is 0 Å². The third kappa shape index (κ3) is 4.14. The summed E-state index contributed by atoms with van der Waals surface area (Å²) >= 11 is 3.78. The zero-order valence-electron chi connectivity index (χ0n) is 28.0. The fourth-order valence-corrected chi connectivity index (χ4v) is 10.9. The summed E-state index contributed by atoms with van der Waals surface area (Å²) in [6, 6.07) is 63.8. The molecular formula is C50H28S2. The molecule has 0 atom stereocenters. The molecule has 0 aliphatic carbocycles. The molecule has 0 saturated heterocycles. The Kier molecular flexibility index (Phi) is 5.90. The molecule has 2 aromatic heterocycles. The number of hydrogen-bond acceptors (Lipinski definition) is 2. The Morgan fingerprint density at radius 2 is 0.635 bits per heavy atom. The molecule has 0 aliphatic rings. The number of benzene rings is 10. The van der Waals surface area contributed by atoms with Crippen molar-refractivity contribution in [2.24, 2.45) is 0 Å². The number of thiophene rings is 2. The number of hydrogen-bond donors (Lipinski definition) is 0. The second kappa shape index (κ2) is 10.7. The van der Waals surface area contributed by atoms with Gasteiger partial charge in [-0.25, -0.2) is 0 Å². The predicted molar refractivity (Wildman–Crippen MR) is 231 cm³/mol. The highest BCUT2D eigenvalue weighted by Gasteiger charge is 2.15. The van der Waals surface area contributed by atoms with Crippen LogP contribution in [0.2, 0.25) is 0 Å². The molecule has 0 N–H and O–H groups in total. The van der Waals surface area contributed by atoms with Crippen molar-refractivity contribution in [3.8, 4) is 22.3 Å². The zero-order valence-corrected chi connectivity index (χ0v) is 29.6. The van der Waals surface area contributed by atoms with Crippen LogP contribution >= 0.6 is 22.7 Å². The highest BCUT2D eigenvalue weighted by atomic mass is 32.1. The van der Waals surface area contributed by atoms with Crippen molar-refractivity contribution in [2.45, 2.75) is 0 Å². The van der Waals surface area contributed by atoms with Gasteiger partial charge >= 0.3 is 0 Å². The Labute approximate surface area is 307 Å². The van der Waals surface area contributed by atoms with Crippen LogP contribution in [-0.4, -0.2) is 0 Å². The van der Waals surface area contributed by atoms with E-state index in [0.717, 1.165) is 0 Å². The molecule has 240 valence electrons. The Morgan fingerprint density at radius 3 is 1.37 bits per heavy atom. The van der Waals surface area contributed by atoms with E-state index in [1.807, 2.05) is 22.7 Å². The minimum Gasteiger partial charge on any atom is -0.135 e. The van der Waals surface area contributed by atoms with Crippen LogP contribution in [0.15, 0.2) is 170 Å². The Hall–Kier alpha value is -6.06. The van der Waals surface area contributed by atoms with Crippen molar-refractivity contribution in [3.05, 3.63) is 170 Å². The summed E-state index contributed by atoms with van der Waals surface area (Å²) in [5, 5.41) is 18.4. The van der Waals surface area contributed by atoms with Crippen LogP contribution in [0.4, 0.5) is 0 Å². The van der Waals surface area contributed by atoms with Gasteiger partial charge in [-0.05, 0) is 131 Å². The fourth-order valence-electron chi connectivity index (χ4n) is 8.67. The van der Waals surface area contributed by atoms with Gasteiger partial charge in [0.25, 0.3) is 0 Å². The van der Waals surface area contributed by atoms with Gasteiger partial charge in [-0.15, -0.1) is 22.7 Å². The molecular weight excluding hydrogens is 665 g/mol. The molecule has 0 saturated carbocycles. The van der Waals surface area contributed by atoms with Crippen molar-refractivity contribution in [2.75, 3.05) is 0 Å². The highest BCUT2D eigenvalue weighted by Crippen LogP contribution is 2.44. The van der Waals surface area contributed by atoms with E-state index in [0.29, 0.717) is 0 Å². The summed E-state index contributed by atoms with van der Waals surface area (Å²) in [5.74, 6) is 0. The first-order valence-corrected chi connectivity index (χ1v) is 19.4. The molecule has 12 aromatic rings. The molecule has 2 heteroatoms. The van der Waals surface area contributed by atoms with E-state index in [-0.39, 0.29) is 0 Å². The smallest absolute Gasteiger partial charge is 0.0362 e. The molecule has 0 fully saturated rings. The van der Waals surface area contributed by atoms with E-state index < -0.39 is 0 Å². The van der Waals surface area contributed by atoms with E-state index in [9.17, 15) is 0 Å². The van der Waals surface area contributed by atoms with Crippen LogP contribution in [0.1, 0.15) is 0 Å². The molecule has 0 aliphatic heterocycles. The maximum atomic E-state index is 2.43. The standard InChI is InChI=1S/C50H28S2/c1-2-8-35-29(7-1)13-14-30-15-16-31(23-40(30)35)33-18-21-48-44(25-33)45-26-34(19-22-49(45)51-48)32-17-20-38-41(24-32)36-9-3-4-10-37(36)42-27-46-39-11-5-6-12-47(39)52-50(46)28-43(38)42/h1-28H. The Morgan fingerprint density at radius 1 is 0.212 bits per heavy atom. The zero-order chi connectivity index (χ0) is 33.9. The minimum absolute atomic E-state index is 1.25. The van der Waals surface area contributed by atoms with Gasteiger partial charge in [0.2, 0.25) is 0 Å². The first-order chi connectivity index (χ1) is 25.7. The molecule has 0 unspecified atom stereocenters. The summed E-state index contributed by atoms with van der Waals surface area (Å²) in [6.07, 6.45) is 0. The van der Waals surface area contributed by atoms with Gasteiger partial charge in [0.15, 0.2) is 0 Å². The lowest BCUT2D eigenvalue weighted by molar-refractivity contribution is 1.70. The van der Waals surface area contributed by atoms with E-state index in [1.54, 1.807) is 0 Å². The summed E-state index contributed by atoms with van der Waals surface area (Å²) in [5.41, 5.74) is 5.01. The maximum absolute atomic E-state index is 2.43. The van der Waals surface area contributed by atoms with E-state index in [2.05, 4.69) is 170 Å². The summed E-state index contributed by atoms with van der Waals surface area (Å²) in [7, 11) is 0. The highest BCUT2D eigenvalue weighted by molar-refractivity contribution is 7.26. The average molecular weight is 693 g/mol. The second-order valence-corrected chi connectivity index (χ2v) is 16.2. The van der Waals surface area contributed by atoms with Crippen molar-refractivity contribution in [1.29, 1.82) is 0 Å². The quantitative estimate of drug-likeness (QED) is 0.158. The Balaban J connectivity index is 1.03. The van der Waals surface area contributed by atoms with Gasteiger partial charge in [0.1, 0.15) is 0 Å². The normalized spacial score (nSPS) is 12.2. The monoisotopic (exact) mass is 692 g/mol. The van der Waals surface area contributed by atoms with Crippen molar-refractivity contribution >= 4 is 117 Å². The van der Waals surface area contributed by atoms with Gasteiger partial charge in [-0.1, -0.05) is 115 Å². The predicted octanol–water partition coefficient (Wildman–Crippen LogP) is 15.5. The van der Waals surface area contributed by atoms with E-state index >= 15 is 0 Å². The van der Waals surface area contributed by atoms with Crippen LogP contribution in [0.5, 0.6) is 0 Å². The summed E-state index contributed by atoms with van der Waals surface area (Å²) < 4.78 is 5.34. The van der Waals surface area contributed by atoms with Gasteiger partial charge < -0.3 is 0 Å². The lowest BCUT2D eigenvalue weighted by atomic mass is 9.91. The molecule has 10 aromatic carbocycles. The van der Waals surface area contributed by atoms with E-state index in [4.69, 9.17) is 0 Å². The van der Waals surface area contributed by atoms with E-state index in [1.165, 1.54) is 116 Å². The fraction of sp³-hybridized carbons (Fsp3) is 0. The first-order valence-electron chi connectivity index (χ1n) is 17.8. The van der Waals surface area contributed by atoms with Crippen LogP contribution in [0.3, 0.4) is 0 Å². The number of fused-ring (bicyclic) bond motifs is 15. The second-order valence-electron chi connectivity index (χ2n) is 14.0. The third-order valence-corrected chi connectivity index (χ3v) is 13.5. The van der Waals surface area contributed by atoms with Crippen LogP contribution in [0.25, 0.3) is 116 Å². The average Bonchev–Trinajstić information content (AvgIpc) is 3.77. The lowest BCUT2D eigenvalue weighted by Gasteiger charge is -2.13. The molecule has 0 spiro atoms. The molecule has 52 heavy (non-hydrogen) atoms. The maximum Gasteiger partial charge on any atom is 0.0362 e. The van der Waals surface area contributed by atoms with Crippen molar-refractivity contribution in [1.82, 2.24) is 0 Å². The molecule has 2 heterocycles. The first kappa shape index (κ1) is 28.6. The van der Waals surface area contributed by atoms with Crippen molar-refractivity contribution in [3.63, 3.8) is 0 Å². The minimum atomic E-state index is 1.25. The number of rotatable bonds is 2. The third-order valence-electron chi connectivity index (χ3n) is 11.2. The van der Waals surface area contributed by atoms with Crippen molar-refractivity contribution < 1.29 is 0 Å². The lowest BCUT2D eigenvalue weighted by Crippen LogP contribution is -1.85. The van der Waals surface area contributed by atoms with Crippen LogP contribution in [0, 0.1) is 0 Å². The molecule has 0 radical (unpaired) electrons. The molecule has 12 rings (SSSR count).